The molecule has 0 radical (unpaired) electrons. The predicted octanol–water partition coefficient (Wildman–Crippen LogP) is 0.929. The Morgan fingerprint density at radius 2 is 1.63 bits per heavy atom. The number of piperidine rings is 1. The molecule has 0 atom stereocenters. The molecule has 0 unspecified atom stereocenters. The van der Waals surface area contributed by atoms with Gasteiger partial charge in [0.25, 0.3) is 0 Å². The van der Waals surface area contributed by atoms with Gasteiger partial charge in [-0.25, -0.2) is 4.79 Å². The Kier molecular flexibility index (Phi) is 5.17. The summed E-state index contributed by atoms with van der Waals surface area (Å²) in [5, 5.41) is 9.60. The van der Waals surface area contributed by atoms with Gasteiger partial charge in [-0.2, -0.15) is 0 Å². The number of rotatable bonds is 4. The molecule has 1 heterocycles. The van der Waals surface area contributed by atoms with Gasteiger partial charge < -0.3 is 14.9 Å². The van der Waals surface area contributed by atoms with Crippen molar-refractivity contribution in [3.8, 4) is 0 Å². The largest absolute Gasteiger partial charge is 0.480 e. The van der Waals surface area contributed by atoms with Crippen molar-refractivity contribution in [1.82, 2.24) is 14.7 Å². The number of carboxylic acids is 1. The lowest BCUT2D eigenvalue weighted by molar-refractivity contribution is -0.154. The van der Waals surface area contributed by atoms with Crippen LogP contribution in [0.25, 0.3) is 0 Å². The second-order valence-corrected chi connectivity index (χ2v) is 5.17. The highest BCUT2D eigenvalue weighted by Gasteiger charge is 2.46. The molecular weight excluding hydrogens is 246 g/mol. The van der Waals surface area contributed by atoms with Crippen LogP contribution in [0, 0.1) is 0 Å². The van der Waals surface area contributed by atoms with Crippen LogP contribution >= 0.6 is 0 Å². The van der Waals surface area contributed by atoms with Crippen LogP contribution in [0.1, 0.15) is 26.7 Å². The molecule has 1 rings (SSSR count). The van der Waals surface area contributed by atoms with E-state index in [1.165, 1.54) is 4.90 Å². The smallest absolute Gasteiger partial charge is 0.324 e. The van der Waals surface area contributed by atoms with Crippen LogP contribution in [-0.2, 0) is 4.79 Å². The van der Waals surface area contributed by atoms with Crippen molar-refractivity contribution in [2.75, 3.05) is 40.3 Å². The first-order chi connectivity index (χ1) is 8.89. The third kappa shape index (κ3) is 3.00. The predicted molar refractivity (Wildman–Crippen MR) is 73.2 cm³/mol. The van der Waals surface area contributed by atoms with Crippen molar-refractivity contribution in [3.05, 3.63) is 0 Å². The molecule has 0 aromatic heterocycles. The third-order valence-electron chi connectivity index (χ3n) is 4.01. The Labute approximate surface area is 115 Å². The van der Waals surface area contributed by atoms with Crippen LogP contribution < -0.4 is 0 Å². The Bertz CT molecular complexity index is 332. The van der Waals surface area contributed by atoms with Crippen LogP contribution in [0.4, 0.5) is 4.79 Å². The first kappa shape index (κ1) is 15.8. The molecule has 1 aliphatic rings. The number of urea groups is 1. The van der Waals surface area contributed by atoms with Gasteiger partial charge in [-0.3, -0.25) is 9.69 Å². The normalized spacial score (nSPS) is 18.5. The van der Waals surface area contributed by atoms with Gasteiger partial charge in [0, 0.05) is 27.2 Å². The van der Waals surface area contributed by atoms with E-state index in [1.54, 1.807) is 19.0 Å². The zero-order valence-corrected chi connectivity index (χ0v) is 12.3. The lowest BCUT2D eigenvalue weighted by Crippen LogP contribution is -2.61. The van der Waals surface area contributed by atoms with Gasteiger partial charge in [-0.15, -0.1) is 0 Å². The first-order valence-electron chi connectivity index (χ1n) is 6.83. The molecule has 19 heavy (non-hydrogen) atoms. The maximum absolute atomic E-state index is 11.9. The lowest BCUT2D eigenvalue weighted by atomic mass is 9.85. The number of hydrogen-bond donors (Lipinski definition) is 1. The molecule has 0 bridgehead atoms. The number of carboxylic acid groups (broad SMARTS) is 1. The minimum absolute atomic E-state index is 0.0430. The van der Waals surface area contributed by atoms with Gasteiger partial charge in [0.2, 0.25) is 0 Å². The van der Waals surface area contributed by atoms with Gasteiger partial charge in [-0.05, 0) is 25.9 Å². The summed E-state index contributed by atoms with van der Waals surface area (Å²) in [5.41, 5.74) is -0.813. The average molecular weight is 271 g/mol. The number of carbonyl (C=O) groups is 2. The number of hydrogen-bond acceptors (Lipinski definition) is 3. The molecule has 2 amide bonds. The zero-order chi connectivity index (χ0) is 14.6. The summed E-state index contributed by atoms with van der Waals surface area (Å²) < 4.78 is 0. The Hall–Kier alpha value is -1.30. The highest BCUT2D eigenvalue weighted by molar-refractivity contribution is 5.80. The van der Waals surface area contributed by atoms with Crippen molar-refractivity contribution in [2.45, 2.75) is 32.2 Å². The molecule has 110 valence electrons. The molecule has 0 aliphatic carbocycles. The Balaban J connectivity index is 2.81. The summed E-state index contributed by atoms with van der Waals surface area (Å²) in [6.07, 6.45) is 0.979. The van der Waals surface area contributed by atoms with Crippen LogP contribution in [0.3, 0.4) is 0 Å². The van der Waals surface area contributed by atoms with Crippen LogP contribution in [0.15, 0.2) is 0 Å². The van der Waals surface area contributed by atoms with Crippen molar-refractivity contribution >= 4 is 12.0 Å². The van der Waals surface area contributed by atoms with E-state index in [0.717, 1.165) is 0 Å². The zero-order valence-electron chi connectivity index (χ0n) is 12.3. The molecule has 1 saturated heterocycles. The summed E-state index contributed by atoms with van der Waals surface area (Å²) in [5.74, 6) is -0.770. The quantitative estimate of drug-likeness (QED) is 0.826. The van der Waals surface area contributed by atoms with E-state index < -0.39 is 11.5 Å². The van der Waals surface area contributed by atoms with E-state index in [4.69, 9.17) is 0 Å². The van der Waals surface area contributed by atoms with Crippen LogP contribution in [0.2, 0.25) is 0 Å². The molecule has 0 aromatic carbocycles. The molecule has 1 fully saturated rings. The molecule has 1 aliphatic heterocycles. The fraction of sp³-hybridized carbons (Fsp3) is 0.846. The van der Waals surface area contributed by atoms with Crippen LogP contribution in [-0.4, -0.2) is 77.6 Å². The number of aliphatic carboxylic acids is 1. The fourth-order valence-electron chi connectivity index (χ4n) is 2.85. The van der Waals surface area contributed by atoms with Gasteiger partial charge in [0.15, 0.2) is 0 Å². The number of likely N-dealkylation sites (tertiary alicyclic amines) is 1. The third-order valence-corrected chi connectivity index (χ3v) is 4.01. The molecule has 6 nitrogen and oxygen atoms in total. The van der Waals surface area contributed by atoms with Crippen molar-refractivity contribution in [2.24, 2.45) is 0 Å². The van der Waals surface area contributed by atoms with E-state index in [2.05, 4.69) is 0 Å². The molecule has 0 saturated carbocycles. The van der Waals surface area contributed by atoms with Gasteiger partial charge in [0.05, 0.1) is 0 Å². The first-order valence-corrected chi connectivity index (χ1v) is 6.83. The van der Waals surface area contributed by atoms with Crippen molar-refractivity contribution in [1.29, 1.82) is 0 Å². The lowest BCUT2D eigenvalue weighted by Gasteiger charge is -2.45. The topological polar surface area (TPSA) is 64.1 Å². The SMILES string of the molecule is CCN(CC)C1(C(=O)O)CCN(C(=O)N(C)C)CC1. The van der Waals surface area contributed by atoms with Gasteiger partial charge >= 0.3 is 12.0 Å². The van der Waals surface area contributed by atoms with Gasteiger partial charge in [-0.1, -0.05) is 13.8 Å². The number of nitrogens with zero attached hydrogens (tertiary/aromatic N) is 3. The monoisotopic (exact) mass is 271 g/mol. The highest BCUT2D eigenvalue weighted by atomic mass is 16.4. The number of likely N-dealkylation sites (N-methyl/N-ethyl adjacent to an activating group) is 1. The maximum atomic E-state index is 11.9. The Morgan fingerprint density at radius 1 is 1.16 bits per heavy atom. The van der Waals surface area contributed by atoms with E-state index >= 15 is 0 Å². The second kappa shape index (κ2) is 6.23. The standard InChI is InChI=1S/C13H25N3O3/c1-5-16(6-2)13(11(17)18)7-9-15(10-8-13)12(19)14(3)4/h5-10H2,1-4H3,(H,17,18). The fourth-order valence-corrected chi connectivity index (χ4v) is 2.85. The summed E-state index contributed by atoms with van der Waals surface area (Å²) in [7, 11) is 3.43. The Morgan fingerprint density at radius 3 is 1.95 bits per heavy atom. The minimum Gasteiger partial charge on any atom is -0.480 e. The summed E-state index contributed by atoms with van der Waals surface area (Å²) in [6, 6.07) is -0.0430. The minimum atomic E-state index is -0.813. The average Bonchev–Trinajstić information content (AvgIpc) is 2.39. The van der Waals surface area contributed by atoms with Crippen LogP contribution in [0.5, 0.6) is 0 Å². The number of carbonyl (C=O) groups excluding carboxylic acids is 1. The van der Waals surface area contributed by atoms with E-state index in [-0.39, 0.29) is 6.03 Å². The molecule has 0 aromatic rings. The van der Waals surface area contributed by atoms with Crippen molar-refractivity contribution < 1.29 is 14.7 Å². The number of amides is 2. The van der Waals surface area contributed by atoms with E-state index in [0.29, 0.717) is 39.0 Å². The summed E-state index contributed by atoms with van der Waals surface area (Å²) in [4.78, 5) is 28.8. The molecule has 6 heteroatoms. The highest BCUT2D eigenvalue weighted by Crippen LogP contribution is 2.29. The molecule has 1 N–H and O–H groups in total. The van der Waals surface area contributed by atoms with E-state index in [1.807, 2.05) is 18.7 Å². The van der Waals surface area contributed by atoms with Crippen molar-refractivity contribution in [3.63, 3.8) is 0 Å². The molecular formula is C13H25N3O3. The summed E-state index contributed by atoms with van der Waals surface area (Å²) >= 11 is 0. The van der Waals surface area contributed by atoms with Gasteiger partial charge in [0.1, 0.15) is 5.54 Å². The molecule has 0 spiro atoms. The maximum Gasteiger partial charge on any atom is 0.324 e. The second-order valence-electron chi connectivity index (χ2n) is 5.17. The summed E-state index contributed by atoms with van der Waals surface area (Å²) in [6.45, 7) is 6.38. The van der Waals surface area contributed by atoms with E-state index in [9.17, 15) is 14.7 Å².